The van der Waals surface area contributed by atoms with Crippen LogP contribution < -0.4 is 10.6 Å². The largest absolute Gasteiger partial charge is 0.346 e. The molecule has 2 aromatic carbocycles. The summed E-state index contributed by atoms with van der Waals surface area (Å²) in [5.41, 5.74) is 0.778. The van der Waals surface area contributed by atoms with Crippen LogP contribution >= 0.6 is 58.0 Å². The molecule has 0 radical (unpaired) electrons. The summed E-state index contributed by atoms with van der Waals surface area (Å²) in [6.07, 6.45) is -0.421. The van der Waals surface area contributed by atoms with Crippen LogP contribution in [0.2, 0.25) is 15.1 Å². The van der Waals surface area contributed by atoms with Crippen LogP contribution in [-0.2, 0) is 4.79 Å². The molecule has 0 saturated heterocycles. The quantitative estimate of drug-likeness (QED) is 0.371. The van der Waals surface area contributed by atoms with Crippen molar-refractivity contribution >= 4 is 75.5 Å². The summed E-state index contributed by atoms with van der Waals surface area (Å²) in [5.74, 6) is -5.68. The first-order valence-electron chi connectivity index (χ1n) is 9.46. The molecule has 2 amide bonds. The summed E-state index contributed by atoms with van der Waals surface area (Å²) in [4.78, 5) is 25.1. The van der Waals surface area contributed by atoms with Gasteiger partial charge in [0.25, 0.3) is 11.8 Å². The number of carbonyl (C=O) groups excluding carboxylic acids is 2. The first-order chi connectivity index (χ1) is 14.9. The van der Waals surface area contributed by atoms with Gasteiger partial charge in [-0.05, 0) is 42.0 Å². The van der Waals surface area contributed by atoms with Crippen LogP contribution in [0.5, 0.6) is 0 Å². The van der Waals surface area contributed by atoms with E-state index in [0.717, 1.165) is 0 Å². The summed E-state index contributed by atoms with van der Waals surface area (Å²) in [5, 5.41) is 5.58. The number of hydrogen-bond donors (Lipinski definition) is 2. The van der Waals surface area contributed by atoms with Gasteiger partial charge in [0.15, 0.2) is 0 Å². The number of benzene rings is 2. The lowest BCUT2D eigenvalue weighted by atomic mass is 10.1. The molecule has 1 aliphatic carbocycles. The predicted octanol–water partition coefficient (Wildman–Crippen LogP) is 6.95. The van der Waals surface area contributed by atoms with E-state index in [4.69, 9.17) is 58.0 Å². The molecule has 0 aromatic heterocycles. The summed E-state index contributed by atoms with van der Waals surface area (Å²) in [6.45, 7) is 0.480. The highest BCUT2D eigenvalue weighted by Crippen LogP contribution is 2.65. The van der Waals surface area contributed by atoms with Crippen molar-refractivity contribution in [1.82, 2.24) is 5.32 Å². The molecule has 32 heavy (non-hydrogen) atoms. The Balaban J connectivity index is 1.74. The van der Waals surface area contributed by atoms with E-state index in [1.807, 2.05) is 0 Å². The Bertz CT molecular complexity index is 1040. The summed E-state index contributed by atoms with van der Waals surface area (Å²) < 4.78 is 25.5. The highest BCUT2D eigenvalue weighted by Gasteiger charge is 2.67. The number of carbonyl (C=O) groups is 2. The highest BCUT2D eigenvalue weighted by atomic mass is 35.5. The minimum absolute atomic E-state index is 0.0437. The molecule has 3 rings (SSSR count). The monoisotopic (exact) mass is 542 g/mol. The van der Waals surface area contributed by atoms with Gasteiger partial charge in [-0.3, -0.25) is 9.59 Å². The van der Waals surface area contributed by atoms with E-state index in [-0.39, 0.29) is 16.3 Å². The van der Waals surface area contributed by atoms with Gasteiger partial charge in [0, 0.05) is 28.1 Å². The molecule has 1 fully saturated rings. The van der Waals surface area contributed by atoms with Crippen LogP contribution in [-0.4, -0.2) is 28.6 Å². The average Bonchev–Trinajstić information content (AvgIpc) is 3.29. The van der Waals surface area contributed by atoms with Gasteiger partial charge in [-0.1, -0.05) is 41.7 Å². The summed E-state index contributed by atoms with van der Waals surface area (Å²) >= 11 is 30.8. The Morgan fingerprint density at radius 1 is 1.06 bits per heavy atom. The lowest BCUT2D eigenvalue weighted by Gasteiger charge is -2.15. The first-order valence-corrected chi connectivity index (χ1v) is 11.3. The normalized spacial score (nSPS) is 19.4. The molecule has 2 aromatic rings. The Morgan fingerprint density at radius 2 is 1.69 bits per heavy atom. The molecule has 0 bridgehead atoms. The van der Waals surface area contributed by atoms with Gasteiger partial charge in [0.2, 0.25) is 5.91 Å². The fourth-order valence-corrected chi connectivity index (χ4v) is 4.82. The van der Waals surface area contributed by atoms with Gasteiger partial charge in [0.1, 0.15) is 4.33 Å². The van der Waals surface area contributed by atoms with E-state index in [0.29, 0.717) is 15.6 Å². The zero-order valence-corrected chi connectivity index (χ0v) is 20.3. The van der Waals surface area contributed by atoms with Gasteiger partial charge in [-0.25, -0.2) is 8.78 Å². The summed E-state index contributed by atoms with van der Waals surface area (Å²) in [7, 11) is 0. The molecule has 1 aliphatic rings. The standard InChI is InChI=1S/C21H17Cl5F2N2O2/c1-2-20(27,28)9-29-18(31)14-8-13(3-4-15(14)24)30-19(32)17-16(21(17,25)26)10-5-11(22)7-12(23)6-10/h3-8,16-17H,2,9H2,1H3,(H,29,31)(H,30,32)/t16-,17+/m0/s1. The molecule has 172 valence electrons. The van der Waals surface area contributed by atoms with Crippen LogP contribution in [0.1, 0.15) is 35.2 Å². The topological polar surface area (TPSA) is 58.2 Å². The minimum atomic E-state index is -3.04. The summed E-state index contributed by atoms with van der Waals surface area (Å²) in [6, 6.07) is 8.93. The lowest BCUT2D eigenvalue weighted by Crippen LogP contribution is -2.36. The third kappa shape index (κ3) is 5.60. The fourth-order valence-electron chi connectivity index (χ4n) is 3.25. The number of hydrogen-bond acceptors (Lipinski definition) is 2. The Labute approximate surface area is 208 Å². The molecule has 0 spiro atoms. The molecular weight excluding hydrogens is 528 g/mol. The zero-order chi connectivity index (χ0) is 23.8. The van der Waals surface area contributed by atoms with Crippen LogP contribution in [0.15, 0.2) is 36.4 Å². The lowest BCUT2D eigenvalue weighted by molar-refractivity contribution is -0.117. The molecular formula is C21H17Cl5F2N2O2. The number of amides is 2. The second kappa shape index (κ2) is 9.51. The maximum absolute atomic E-state index is 13.4. The molecule has 0 unspecified atom stereocenters. The maximum atomic E-state index is 13.4. The first kappa shape index (κ1) is 25.3. The van der Waals surface area contributed by atoms with Gasteiger partial charge in [-0.15, -0.1) is 23.2 Å². The van der Waals surface area contributed by atoms with E-state index in [1.54, 1.807) is 18.2 Å². The fraction of sp³-hybridized carbons (Fsp3) is 0.333. The molecule has 11 heteroatoms. The van der Waals surface area contributed by atoms with Crippen LogP contribution in [0.4, 0.5) is 14.5 Å². The van der Waals surface area contributed by atoms with Crippen LogP contribution in [0.3, 0.4) is 0 Å². The number of halogens is 7. The molecule has 2 atom stereocenters. The third-order valence-corrected chi connectivity index (χ3v) is 6.79. The SMILES string of the molecule is CCC(F)(F)CNC(=O)c1cc(NC(=O)[C@H]2[C@H](c3cc(Cl)cc(Cl)c3)C2(Cl)Cl)ccc1Cl. The van der Waals surface area contributed by atoms with Crippen molar-refractivity contribution in [2.45, 2.75) is 29.5 Å². The number of alkyl halides is 4. The molecule has 4 nitrogen and oxygen atoms in total. The Kier molecular flexibility index (Phi) is 7.52. The highest BCUT2D eigenvalue weighted by molar-refractivity contribution is 6.53. The zero-order valence-electron chi connectivity index (χ0n) is 16.5. The molecule has 2 N–H and O–H groups in total. The van der Waals surface area contributed by atoms with Crippen molar-refractivity contribution in [3.8, 4) is 0 Å². The van der Waals surface area contributed by atoms with Crippen molar-refractivity contribution in [3.05, 3.63) is 62.6 Å². The van der Waals surface area contributed by atoms with Gasteiger partial charge >= 0.3 is 0 Å². The Hall–Kier alpha value is -1.31. The maximum Gasteiger partial charge on any atom is 0.264 e. The number of rotatable bonds is 7. The third-order valence-electron chi connectivity index (χ3n) is 5.08. The average molecular weight is 545 g/mol. The van der Waals surface area contributed by atoms with Crippen molar-refractivity contribution in [2.75, 3.05) is 11.9 Å². The van der Waals surface area contributed by atoms with Crippen molar-refractivity contribution in [1.29, 1.82) is 0 Å². The van der Waals surface area contributed by atoms with Crippen molar-refractivity contribution in [3.63, 3.8) is 0 Å². The van der Waals surface area contributed by atoms with E-state index < -0.39 is 46.9 Å². The molecule has 0 heterocycles. The molecule has 1 saturated carbocycles. The number of anilines is 1. The van der Waals surface area contributed by atoms with Crippen molar-refractivity contribution in [2.24, 2.45) is 5.92 Å². The van der Waals surface area contributed by atoms with Crippen LogP contribution in [0.25, 0.3) is 0 Å². The van der Waals surface area contributed by atoms with Gasteiger partial charge < -0.3 is 10.6 Å². The second-order valence-electron chi connectivity index (χ2n) is 7.41. The molecule has 0 aliphatic heterocycles. The second-order valence-corrected chi connectivity index (χ2v) is 10.1. The Morgan fingerprint density at radius 3 is 2.28 bits per heavy atom. The van der Waals surface area contributed by atoms with E-state index in [9.17, 15) is 18.4 Å². The van der Waals surface area contributed by atoms with Gasteiger partial charge in [0.05, 0.1) is 23.0 Å². The number of nitrogens with one attached hydrogen (secondary N) is 2. The van der Waals surface area contributed by atoms with Crippen molar-refractivity contribution < 1.29 is 18.4 Å². The smallest absolute Gasteiger partial charge is 0.264 e. The minimum Gasteiger partial charge on any atom is -0.346 e. The van der Waals surface area contributed by atoms with E-state index in [2.05, 4.69) is 10.6 Å². The van der Waals surface area contributed by atoms with E-state index in [1.165, 1.54) is 25.1 Å². The predicted molar refractivity (Wildman–Crippen MR) is 125 cm³/mol. The van der Waals surface area contributed by atoms with Crippen LogP contribution in [0, 0.1) is 5.92 Å². The van der Waals surface area contributed by atoms with Gasteiger partial charge in [-0.2, -0.15) is 0 Å². The van der Waals surface area contributed by atoms with E-state index >= 15 is 0 Å².